The van der Waals surface area contributed by atoms with Crippen LogP contribution in [0.4, 0.5) is 8.78 Å². The molecule has 0 aliphatic carbocycles. The van der Waals surface area contributed by atoms with E-state index in [0.29, 0.717) is 6.07 Å². The van der Waals surface area contributed by atoms with Crippen molar-refractivity contribution >= 4 is 23.9 Å². The molecule has 0 atom stereocenters. The number of cyclic esters (lactones) is 2. The maximum absolute atomic E-state index is 14.7. The van der Waals surface area contributed by atoms with Gasteiger partial charge in [-0.25, -0.2) is 28.0 Å². The smallest absolute Gasteiger partial charge is 0.350 e. The van der Waals surface area contributed by atoms with E-state index < -0.39 is 52.2 Å². The number of hydrogen-bond acceptors (Lipinski definition) is 6. The lowest BCUT2D eigenvalue weighted by Crippen LogP contribution is -2.25. The van der Waals surface area contributed by atoms with Gasteiger partial charge in [-0.3, -0.25) is 0 Å². The quantitative estimate of drug-likeness (QED) is 0.544. The van der Waals surface area contributed by atoms with E-state index >= 15 is 0 Å². The molecule has 118 valence electrons. The number of benzene rings is 2. The van der Waals surface area contributed by atoms with E-state index in [0.717, 1.165) is 12.1 Å². The van der Waals surface area contributed by atoms with Crippen molar-refractivity contribution in [1.82, 2.24) is 0 Å². The minimum atomic E-state index is -1.56. The SMILES string of the molecule is O=C1OC(=O)c2c(F)cc3c(F)c2C(=O)OC(=O)c2cc-3ccc21. The van der Waals surface area contributed by atoms with Gasteiger partial charge in [0.05, 0.1) is 11.1 Å². The van der Waals surface area contributed by atoms with Crippen molar-refractivity contribution in [3.63, 3.8) is 0 Å². The molecule has 6 nitrogen and oxygen atoms in total. The highest BCUT2D eigenvalue weighted by Crippen LogP contribution is 2.34. The molecule has 4 rings (SSSR count). The molecule has 2 aromatic rings. The lowest BCUT2D eigenvalue weighted by atomic mass is 9.96. The third-order valence-corrected chi connectivity index (χ3v) is 3.77. The van der Waals surface area contributed by atoms with Gasteiger partial charge in [-0.2, -0.15) is 0 Å². The monoisotopic (exact) mass is 330 g/mol. The van der Waals surface area contributed by atoms with Crippen LogP contribution in [0.2, 0.25) is 0 Å². The average molecular weight is 330 g/mol. The standard InChI is InChI=1S/C16H4F2O6/c17-9-4-7-5-1-2-6-8(3-5)14(20)24-16(22)11(12(7)18)10(9)15(21)23-13(6)19/h1-4H. The van der Waals surface area contributed by atoms with E-state index in [9.17, 15) is 28.0 Å². The lowest BCUT2D eigenvalue weighted by molar-refractivity contribution is 0.0328. The van der Waals surface area contributed by atoms with Crippen LogP contribution in [0.5, 0.6) is 0 Å². The minimum Gasteiger partial charge on any atom is -0.386 e. The normalized spacial score (nSPS) is 15.2. The Morgan fingerprint density at radius 2 is 1.29 bits per heavy atom. The van der Waals surface area contributed by atoms with Gasteiger partial charge in [0.25, 0.3) is 0 Å². The second kappa shape index (κ2) is 4.54. The molecule has 0 radical (unpaired) electrons. The molecule has 24 heavy (non-hydrogen) atoms. The van der Waals surface area contributed by atoms with Crippen LogP contribution in [-0.4, -0.2) is 23.9 Å². The van der Waals surface area contributed by atoms with Crippen LogP contribution in [-0.2, 0) is 9.47 Å². The largest absolute Gasteiger partial charge is 0.386 e. The molecule has 8 heteroatoms. The molecule has 4 bridgehead atoms. The summed E-state index contributed by atoms with van der Waals surface area (Å²) in [6, 6.07) is 4.09. The van der Waals surface area contributed by atoms with Crippen LogP contribution in [0, 0.1) is 11.6 Å². The number of esters is 4. The Bertz CT molecular complexity index is 1010. The average Bonchev–Trinajstić information content (AvgIpc) is 2.56. The van der Waals surface area contributed by atoms with E-state index in [1.807, 2.05) is 0 Å². The zero-order chi connectivity index (χ0) is 17.2. The number of ether oxygens (including phenoxy) is 2. The molecular formula is C16H4F2O6. The lowest BCUT2D eigenvalue weighted by Gasteiger charge is -2.12. The second-order valence-corrected chi connectivity index (χ2v) is 5.08. The highest BCUT2D eigenvalue weighted by molar-refractivity contribution is 6.16. The number of carbonyl (C=O) groups is 4. The summed E-state index contributed by atoms with van der Waals surface area (Å²) in [6.07, 6.45) is 0. The molecule has 2 aliphatic heterocycles. The molecular weight excluding hydrogens is 326 g/mol. The topological polar surface area (TPSA) is 86.7 Å². The molecule has 0 unspecified atom stereocenters. The highest BCUT2D eigenvalue weighted by atomic mass is 19.1. The summed E-state index contributed by atoms with van der Waals surface area (Å²) in [5, 5.41) is 0. The summed E-state index contributed by atoms with van der Waals surface area (Å²) in [5.74, 6) is -8.12. The zero-order valence-electron chi connectivity index (χ0n) is 11.5. The van der Waals surface area contributed by atoms with Crippen molar-refractivity contribution in [3.8, 4) is 11.1 Å². The minimum absolute atomic E-state index is 0.0340. The van der Waals surface area contributed by atoms with E-state index in [2.05, 4.69) is 9.47 Å². The molecule has 2 aromatic carbocycles. The molecule has 2 heterocycles. The van der Waals surface area contributed by atoms with Crippen LogP contribution in [0.3, 0.4) is 0 Å². The fraction of sp³-hybridized carbons (Fsp3) is 0. The Labute approximate surface area is 131 Å². The van der Waals surface area contributed by atoms with E-state index in [4.69, 9.17) is 0 Å². The summed E-state index contributed by atoms with van der Waals surface area (Å²) in [5.41, 5.74) is -3.28. The summed E-state index contributed by atoms with van der Waals surface area (Å²) in [6.45, 7) is 0. The number of halogens is 2. The van der Waals surface area contributed by atoms with Gasteiger partial charge in [0.15, 0.2) is 0 Å². The molecule has 0 N–H and O–H groups in total. The highest BCUT2D eigenvalue weighted by Gasteiger charge is 2.37. The molecule has 0 aromatic heterocycles. The molecule has 0 saturated carbocycles. The Morgan fingerprint density at radius 1 is 0.667 bits per heavy atom. The summed E-state index contributed by atoms with van der Waals surface area (Å²) < 4.78 is 38.0. The van der Waals surface area contributed by atoms with Crippen molar-refractivity contribution in [1.29, 1.82) is 0 Å². The first-order valence-corrected chi connectivity index (χ1v) is 6.58. The number of rotatable bonds is 0. The van der Waals surface area contributed by atoms with Gasteiger partial charge in [-0.15, -0.1) is 0 Å². The molecule has 0 saturated heterocycles. The van der Waals surface area contributed by atoms with Crippen molar-refractivity contribution in [3.05, 3.63) is 58.2 Å². The van der Waals surface area contributed by atoms with Gasteiger partial charge in [0.1, 0.15) is 22.8 Å². The summed E-state index contributed by atoms with van der Waals surface area (Å²) in [7, 11) is 0. The van der Waals surface area contributed by atoms with Crippen LogP contribution in [0.25, 0.3) is 11.1 Å². The molecule has 0 fully saturated rings. The predicted molar refractivity (Wildman–Crippen MR) is 71.3 cm³/mol. The van der Waals surface area contributed by atoms with E-state index in [-0.39, 0.29) is 16.7 Å². The predicted octanol–water partition coefficient (Wildman–Crippen LogP) is 2.25. The first-order chi connectivity index (χ1) is 11.4. The van der Waals surface area contributed by atoms with Gasteiger partial charge in [0, 0.05) is 5.56 Å². The first kappa shape index (κ1) is 14.2. The maximum Gasteiger partial charge on any atom is 0.350 e. The Hall–Kier alpha value is -3.42. The fourth-order valence-electron chi connectivity index (χ4n) is 2.67. The van der Waals surface area contributed by atoms with Gasteiger partial charge < -0.3 is 9.47 Å². The molecule has 0 spiro atoms. The van der Waals surface area contributed by atoms with Crippen LogP contribution < -0.4 is 0 Å². The van der Waals surface area contributed by atoms with Crippen molar-refractivity contribution < 1.29 is 37.4 Å². The van der Waals surface area contributed by atoms with Gasteiger partial charge in [0.2, 0.25) is 0 Å². The second-order valence-electron chi connectivity index (χ2n) is 5.08. The third kappa shape index (κ3) is 1.73. The van der Waals surface area contributed by atoms with Crippen molar-refractivity contribution in [2.75, 3.05) is 0 Å². The van der Waals surface area contributed by atoms with E-state index in [1.54, 1.807) is 0 Å². The third-order valence-electron chi connectivity index (χ3n) is 3.77. The maximum atomic E-state index is 14.7. The number of hydrogen-bond donors (Lipinski definition) is 0. The number of carbonyl (C=O) groups excluding carboxylic acids is 4. The summed E-state index contributed by atoms with van der Waals surface area (Å²) in [4.78, 5) is 48.3. The van der Waals surface area contributed by atoms with Gasteiger partial charge in [-0.05, 0) is 23.8 Å². The number of fused-ring (bicyclic) bond motifs is 5. The van der Waals surface area contributed by atoms with Crippen LogP contribution in [0.15, 0.2) is 24.3 Å². The van der Waals surface area contributed by atoms with Crippen molar-refractivity contribution in [2.45, 2.75) is 0 Å². The van der Waals surface area contributed by atoms with E-state index in [1.165, 1.54) is 6.07 Å². The van der Waals surface area contributed by atoms with Crippen LogP contribution in [0.1, 0.15) is 41.4 Å². The molecule has 0 amide bonds. The first-order valence-electron chi connectivity index (χ1n) is 6.58. The fourth-order valence-corrected chi connectivity index (χ4v) is 2.67. The van der Waals surface area contributed by atoms with Crippen molar-refractivity contribution in [2.24, 2.45) is 0 Å². The van der Waals surface area contributed by atoms with Crippen LogP contribution >= 0.6 is 0 Å². The summed E-state index contributed by atoms with van der Waals surface area (Å²) >= 11 is 0. The molecule has 2 aliphatic rings. The van der Waals surface area contributed by atoms with Gasteiger partial charge in [-0.1, -0.05) is 6.07 Å². The van der Waals surface area contributed by atoms with Gasteiger partial charge >= 0.3 is 23.9 Å². The Morgan fingerprint density at radius 3 is 2.00 bits per heavy atom. The Balaban J connectivity index is 2.27. The Kier molecular flexibility index (Phi) is 2.69. The zero-order valence-corrected chi connectivity index (χ0v) is 11.5.